The number of carbonyl (C=O) groups excluding carboxylic acids is 1. The topological polar surface area (TPSA) is 23.6 Å². The number of hydrogen-bond donors (Lipinski definition) is 0. The Morgan fingerprint density at radius 2 is 1.32 bits per heavy atom. The first-order valence-corrected chi connectivity index (χ1v) is 9.36. The molecule has 0 bridgehead atoms. The van der Waals surface area contributed by atoms with Crippen molar-refractivity contribution in [2.45, 2.75) is 39.2 Å². The van der Waals surface area contributed by atoms with E-state index in [4.69, 9.17) is 0 Å². The molecule has 3 rings (SSSR count). The van der Waals surface area contributed by atoms with E-state index in [2.05, 4.69) is 18.7 Å². The Kier molecular flexibility index (Phi) is 5.87. The first-order valence-electron chi connectivity index (χ1n) is 9.36. The Morgan fingerprint density at radius 1 is 0.840 bits per heavy atom. The fourth-order valence-electron chi connectivity index (χ4n) is 3.75. The molecule has 0 aromatic heterocycles. The second-order valence-corrected chi connectivity index (χ2v) is 7.13. The Balaban J connectivity index is 1.97. The van der Waals surface area contributed by atoms with E-state index >= 15 is 0 Å². The number of likely N-dealkylation sites (tertiary alicyclic amines) is 1. The van der Waals surface area contributed by atoms with Gasteiger partial charge in [-0.1, -0.05) is 56.7 Å². The molecule has 1 saturated heterocycles. The van der Waals surface area contributed by atoms with Crippen LogP contribution in [0.1, 0.15) is 33.1 Å². The number of rotatable bonds is 5. The van der Waals surface area contributed by atoms with Crippen molar-refractivity contribution in [2.75, 3.05) is 18.0 Å². The second kappa shape index (κ2) is 8.30. The van der Waals surface area contributed by atoms with Crippen LogP contribution in [0.15, 0.2) is 60.7 Å². The van der Waals surface area contributed by atoms with Crippen LogP contribution in [0.2, 0.25) is 0 Å². The minimum Gasteiger partial charge on any atom is -0.292 e. The normalized spacial score (nSPS) is 16.6. The van der Waals surface area contributed by atoms with E-state index in [9.17, 15) is 4.79 Å². The molecule has 2 aromatic rings. The van der Waals surface area contributed by atoms with E-state index in [1.807, 2.05) is 65.6 Å². The molecular weight excluding hydrogens is 308 g/mol. The number of benzene rings is 2. The van der Waals surface area contributed by atoms with E-state index in [1.54, 1.807) is 0 Å². The number of amides is 1. The van der Waals surface area contributed by atoms with Crippen LogP contribution in [0.25, 0.3) is 0 Å². The molecule has 1 amide bonds. The van der Waals surface area contributed by atoms with Crippen molar-refractivity contribution in [3.8, 4) is 0 Å². The van der Waals surface area contributed by atoms with Gasteiger partial charge in [0.2, 0.25) is 5.91 Å². The van der Waals surface area contributed by atoms with Gasteiger partial charge in [-0.25, -0.2) is 0 Å². The smallest absolute Gasteiger partial charge is 0.249 e. The lowest BCUT2D eigenvalue weighted by molar-refractivity contribution is -0.125. The lowest BCUT2D eigenvalue weighted by atomic mass is 9.97. The van der Waals surface area contributed by atoms with Crippen molar-refractivity contribution in [2.24, 2.45) is 5.92 Å². The number of para-hydroxylation sites is 2. The van der Waals surface area contributed by atoms with E-state index in [0.717, 1.165) is 24.5 Å². The lowest BCUT2D eigenvalue weighted by Crippen LogP contribution is -2.51. The molecule has 0 spiro atoms. The Morgan fingerprint density at radius 3 is 1.76 bits per heavy atom. The van der Waals surface area contributed by atoms with Gasteiger partial charge in [-0.3, -0.25) is 14.6 Å². The highest BCUT2D eigenvalue weighted by Crippen LogP contribution is 2.29. The Bertz CT molecular complexity index is 623. The third-order valence-corrected chi connectivity index (χ3v) is 4.92. The summed E-state index contributed by atoms with van der Waals surface area (Å²) in [5, 5.41) is 0. The van der Waals surface area contributed by atoms with Crippen molar-refractivity contribution < 1.29 is 4.79 Å². The zero-order valence-electron chi connectivity index (χ0n) is 15.3. The van der Waals surface area contributed by atoms with Gasteiger partial charge >= 0.3 is 0 Å². The number of piperidine rings is 1. The van der Waals surface area contributed by atoms with E-state index in [-0.39, 0.29) is 17.9 Å². The Hall–Kier alpha value is -2.13. The number of anilines is 2. The van der Waals surface area contributed by atoms with Crippen molar-refractivity contribution >= 4 is 17.3 Å². The van der Waals surface area contributed by atoms with Crippen LogP contribution < -0.4 is 4.90 Å². The van der Waals surface area contributed by atoms with E-state index in [1.165, 1.54) is 19.3 Å². The molecule has 1 heterocycles. The lowest BCUT2D eigenvalue weighted by Gasteiger charge is -2.38. The quantitative estimate of drug-likeness (QED) is 0.778. The van der Waals surface area contributed by atoms with Gasteiger partial charge in [-0.15, -0.1) is 0 Å². The summed E-state index contributed by atoms with van der Waals surface area (Å²) < 4.78 is 0. The molecule has 0 radical (unpaired) electrons. The summed E-state index contributed by atoms with van der Waals surface area (Å²) in [6, 6.07) is 19.9. The van der Waals surface area contributed by atoms with Gasteiger partial charge in [0, 0.05) is 11.4 Å². The van der Waals surface area contributed by atoms with Crippen LogP contribution in [-0.2, 0) is 4.79 Å². The van der Waals surface area contributed by atoms with Gasteiger partial charge in [-0.05, 0) is 56.1 Å². The summed E-state index contributed by atoms with van der Waals surface area (Å²) >= 11 is 0. The summed E-state index contributed by atoms with van der Waals surface area (Å²) in [6.45, 7) is 6.36. The molecular formula is C22H28N2O. The molecule has 132 valence electrons. The van der Waals surface area contributed by atoms with Crippen molar-refractivity contribution in [1.29, 1.82) is 0 Å². The first kappa shape index (κ1) is 17.7. The monoisotopic (exact) mass is 336 g/mol. The van der Waals surface area contributed by atoms with Crippen LogP contribution in [0.5, 0.6) is 0 Å². The molecule has 3 nitrogen and oxygen atoms in total. The predicted octanol–water partition coefficient (Wildman–Crippen LogP) is 4.86. The molecule has 3 heteroatoms. The van der Waals surface area contributed by atoms with E-state index < -0.39 is 0 Å². The Labute approximate surface area is 151 Å². The molecule has 1 unspecified atom stereocenters. The first-order chi connectivity index (χ1) is 12.2. The highest BCUT2D eigenvalue weighted by atomic mass is 16.2. The van der Waals surface area contributed by atoms with Crippen molar-refractivity contribution in [3.63, 3.8) is 0 Å². The highest BCUT2D eigenvalue weighted by molar-refractivity contribution is 6.03. The van der Waals surface area contributed by atoms with Gasteiger partial charge in [-0.2, -0.15) is 0 Å². The minimum absolute atomic E-state index is 0.0827. The van der Waals surface area contributed by atoms with E-state index in [0.29, 0.717) is 0 Å². The van der Waals surface area contributed by atoms with Crippen LogP contribution in [0.4, 0.5) is 11.4 Å². The molecule has 1 aliphatic heterocycles. The SMILES string of the molecule is CC(C)C(C(=O)N(c1ccccc1)c1ccccc1)N1CCCCC1. The van der Waals surface area contributed by atoms with Crippen LogP contribution in [-0.4, -0.2) is 29.9 Å². The molecule has 25 heavy (non-hydrogen) atoms. The molecule has 2 aromatic carbocycles. The van der Waals surface area contributed by atoms with Gasteiger partial charge in [0.1, 0.15) is 0 Å². The molecule has 1 aliphatic rings. The van der Waals surface area contributed by atoms with Gasteiger partial charge in [0.05, 0.1) is 6.04 Å². The third-order valence-electron chi connectivity index (χ3n) is 4.92. The van der Waals surface area contributed by atoms with Gasteiger partial charge in [0.15, 0.2) is 0 Å². The van der Waals surface area contributed by atoms with Crippen LogP contribution in [0.3, 0.4) is 0 Å². The molecule has 0 saturated carbocycles. The molecule has 0 N–H and O–H groups in total. The van der Waals surface area contributed by atoms with Crippen molar-refractivity contribution in [1.82, 2.24) is 4.90 Å². The van der Waals surface area contributed by atoms with Crippen molar-refractivity contribution in [3.05, 3.63) is 60.7 Å². The number of nitrogens with zero attached hydrogens (tertiary/aromatic N) is 2. The fraction of sp³-hybridized carbons (Fsp3) is 0.409. The number of carbonyl (C=O) groups is 1. The molecule has 1 fully saturated rings. The largest absolute Gasteiger partial charge is 0.292 e. The maximum absolute atomic E-state index is 13.7. The summed E-state index contributed by atoms with van der Waals surface area (Å²) in [5.74, 6) is 0.454. The van der Waals surface area contributed by atoms with Crippen LogP contribution in [0, 0.1) is 5.92 Å². The number of hydrogen-bond acceptors (Lipinski definition) is 2. The maximum atomic E-state index is 13.7. The minimum atomic E-state index is -0.0827. The summed E-state index contributed by atoms with van der Waals surface area (Å²) in [4.78, 5) is 17.9. The van der Waals surface area contributed by atoms with Gasteiger partial charge in [0.25, 0.3) is 0 Å². The summed E-state index contributed by atoms with van der Waals surface area (Å²) in [5.41, 5.74) is 1.86. The maximum Gasteiger partial charge on any atom is 0.249 e. The predicted molar refractivity (Wildman–Crippen MR) is 104 cm³/mol. The highest BCUT2D eigenvalue weighted by Gasteiger charge is 2.34. The standard InChI is InChI=1S/C22H28N2O/c1-18(2)21(23-16-10-5-11-17-23)22(25)24(19-12-6-3-7-13-19)20-14-8-4-9-15-20/h3-4,6-9,12-15,18,21H,5,10-11,16-17H2,1-2H3. The van der Waals surface area contributed by atoms with Crippen LogP contribution >= 0.6 is 0 Å². The summed E-state index contributed by atoms with van der Waals surface area (Å²) in [7, 11) is 0. The van der Waals surface area contributed by atoms with Gasteiger partial charge < -0.3 is 0 Å². The average Bonchev–Trinajstić information content (AvgIpc) is 2.64. The fourth-order valence-corrected chi connectivity index (χ4v) is 3.75. The molecule has 1 atom stereocenters. The third kappa shape index (κ3) is 4.10. The zero-order chi connectivity index (χ0) is 17.6. The zero-order valence-corrected chi connectivity index (χ0v) is 15.3. The second-order valence-electron chi connectivity index (χ2n) is 7.13. The average molecular weight is 336 g/mol. The molecule has 0 aliphatic carbocycles. The summed E-state index contributed by atoms with van der Waals surface area (Å²) in [6.07, 6.45) is 3.65.